The van der Waals surface area contributed by atoms with Crippen LogP contribution < -0.4 is 11.2 Å². The lowest BCUT2D eigenvalue weighted by Gasteiger charge is -2.30. The maximum absolute atomic E-state index is 12.8. The number of carbonyl (C=O) groups is 1. The van der Waals surface area contributed by atoms with Crippen LogP contribution >= 0.6 is 0 Å². The number of aromatic nitrogens is 3. The molecular weight excluding hydrogens is 320 g/mol. The third-order valence-corrected chi connectivity index (χ3v) is 4.60. The van der Waals surface area contributed by atoms with Crippen molar-refractivity contribution in [2.45, 2.75) is 26.7 Å². The fourth-order valence-electron chi connectivity index (χ4n) is 3.09. The summed E-state index contributed by atoms with van der Waals surface area (Å²) in [7, 11) is 1.37. The number of aryl methyl sites for hydroxylation is 1. The number of benzene rings is 1. The third kappa shape index (κ3) is 3.26. The Kier molecular flexibility index (Phi) is 4.57. The van der Waals surface area contributed by atoms with Crippen LogP contribution in [0.5, 0.6) is 0 Å². The van der Waals surface area contributed by atoms with Gasteiger partial charge in [0, 0.05) is 20.1 Å². The van der Waals surface area contributed by atoms with E-state index in [1.807, 2.05) is 19.1 Å². The summed E-state index contributed by atoms with van der Waals surface area (Å²) in [5.74, 6) is -0.0161. The van der Waals surface area contributed by atoms with Gasteiger partial charge in [-0.1, -0.05) is 24.6 Å². The Hall–Kier alpha value is -2.70. The molecule has 7 heteroatoms. The Morgan fingerprint density at radius 3 is 2.52 bits per heavy atom. The van der Waals surface area contributed by atoms with Crippen molar-refractivity contribution in [3.05, 3.63) is 56.4 Å². The van der Waals surface area contributed by atoms with Gasteiger partial charge in [0.1, 0.15) is 0 Å². The molecule has 0 aliphatic carbocycles. The van der Waals surface area contributed by atoms with Crippen LogP contribution in [-0.4, -0.2) is 38.2 Å². The molecule has 1 fully saturated rings. The number of hydrogen-bond acceptors (Lipinski definition) is 4. The Balaban J connectivity index is 2.08. The van der Waals surface area contributed by atoms with E-state index >= 15 is 0 Å². The van der Waals surface area contributed by atoms with Crippen molar-refractivity contribution in [2.24, 2.45) is 13.0 Å². The lowest BCUT2D eigenvalue weighted by molar-refractivity contribution is 0.0671. The first-order chi connectivity index (χ1) is 11.9. The highest BCUT2D eigenvalue weighted by molar-refractivity contribution is 5.91. The molecule has 0 saturated carbocycles. The molecule has 0 bridgehead atoms. The van der Waals surface area contributed by atoms with Gasteiger partial charge in [-0.05, 0) is 37.8 Å². The molecule has 1 aromatic carbocycles. The van der Waals surface area contributed by atoms with E-state index in [2.05, 4.69) is 12.0 Å². The fourth-order valence-corrected chi connectivity index (χ4v) is 3.09. The summed E-state index contributed by atoms with van der Waals surface area (Å²) in [6.07, 6.45) is 1.98. The van der Waals surface area contributed by atoms with Crippen molar-refractivity contribution < 1.29 is 4.79 Å². The van der Waals surface area contributed by atoms with Crippen LogP contribution in [0.2, 0.25) is 0 Å². The zero-order chi connectivity index (χ0) is 18.1. The first kappa shape index (κ1) is 17.1. The summed E-state index contributed by atoms with van der Waals surface area (Å²) >= 11 is 0. The number of rotatable bonds is 2. The standard InChI is InChI=1S/C18H22N4O3/c1-12-6-8-14(9-7-12)22-18(25)20(3)16(23)15(19-22)17(24)21-10-4-5-13(2)11-21/h6-9,13H,4-5,10-11H2,1-3H3/t13-/m0/s1. The van der Waals surface area contributed by atoms with Gasteiger partial charge in [0.15, 0.2) is 0 Å². The number of hydrogen-bond donors (Lipinski definition) is 0. The van der Waals surface area contributed by atoms with E-state index in [4.69, 9.17) is 0 Å². The minimum Gasteiger partial charge on any atom is -0.337 e. The number of likely N-dealkylation sites (tertiary alicyclic amines) is 1. The molecule has 1 amide bonds. The smallest absolute Gasteiger partial charge is 0.337 e. The highest BCUT2D eigenvalue weighted by atomic mass is 16.2. The second-order valence-corrected chi connectivity index (χ2v) is 6.74. The molecule has 2 aromatic rings. The van der Waals surface area contributed by atoms with Crippen LogP contribution in [0.25, 0.3) is 5.69 Å². The first-order valence-corrected chi connectivity index (χ1v) is 8.45. The van der Waals surface area contributed by atoms with Crippen molar-refractivity contribution in [3.63, 3.8) is 0 Å². The first-order valence-electron chi connectivity index (χ1n) is 8.45. The number of amides is 1. The van der Waals surface area contributed by atoms with Gasteiger partial charge in [0.25, 0.3) is 11.5 Å². The zero-order valence-corrected chi connectivity index (χ0v) is 14.7. The Morgan fingerprint density at radius 1 is 1.20 bits per heavy atom. The van der Waals surface area contributed by atoms with Crippen molar-refractivity contribution in [1.29, 1.82) is 0 Å². The van der Waals surface area contributed by atoms with Crippen LogP contribution in [0.3, 0.4) is 0 Å². The van der Waals surface area contributed by atoms with E-state index in [1.165, 1.54) is 7.05 Å². The molecular formula is C18H22N4O3. The SMILES string of the molecule is Cc1ccc(-n2nc(C(=O)N3CCC[C@H](C)C3)c(=O)n(C)c2=O)cc1. The van der Waals surface area contributed by atoms with E-state index < -0.39 is 17.2 Å². The molecule has 1 saturated heterocycles. The largest absolute Gasteiger partial charge is 0.351 e. The molecule has 0 unspecified atom stereocenters. The van der Waals surface area contributed by atoms with E-state index in [9.17, 15) is 14.4 Å². The van der Waals surface area contributed by atoms with Gasteiger partial charge in [-0.25, -0.2) is 4.79 Å². The van der Waals surface area contributed by atoms with E-state index in [1.54, 1.807) is 17.0 Å². The average Bonchev–Trinajstić information content (AvgIpc) is 2.60. The molecule has 0 radical (unpaired) electrons. The molecule has 0 N–H and O–H groups in total. The van der Waals surface area contributed by atoms with Gasteiger partial charge in [-0.15, -0.1) is 0 Å². The highest BCUT2D eigenvalue weighted by Gasteiger charge is 2.27. The summed E-state index contributed by atoms with van der Waals surface area (Å²) in [5.41, 5.74) is 0.123. The summed E-state index contributed by atoms with van der Waals surface area (Å²) in [6, 6.07) is 7.18. The molecule has 132 valence electrons. The summed E-state index contributed by atoms with van der Waals surface area (Å²) < 4.78 is 2.05. The second kappa shape index (κ2) is 6.66. The quantitative estimate of drug-likeness (QED) is 0.819. The molecule has 25 heavy (non-hydrogen) atoms. The van der Waals surface area contributed by atoms with Gasteiger partial charge < -0.3 is 4.90 Å². The molecule has 0 spiro atoms. The van der Waals surface area contributed by atoms with Gasteiger partial charge >= 0.3 is 5.69 Å². The normalized spacial score (nSPS) is 17.6. The fraction of sp³-hybridized carbons (Fsp3) is 0.444. The predicted octanol–water partition coefficient (Wildman–Crippen LogP) is 1.11. The second-order valence-electron chi connectivity index (χ2n) is 6.74. The maximum atomic E-state index is 12.8. The molecule has 1 aliphatic heterocycles. The number of nitrogens with zero attached hydrogens (tertiary/aromatic N) is 4. The third-order valence-electron chi connectivity index (χ3n) is 4.60. The summed E-state index contributed by atoms with van der Waals surface area (Å²) in [6.45, 7) is 5.23. The van der Waals surface area contributed by atoms with E-state index in [-0.39, 0.29) is 5.69 Å². The minimum absolute atomic E-state index is 0.211. The summed E-state index contributed by atoms with van der Waals surface area (Å²) in [5, 5.41) is 4.11. The molecule has 1 atom stereocenters. The number of carbonyl (C=O) groups excluding carboxylic acids is 1. The molecule has 3 rings (SSSR count). The number of piperidine rings is 1. The van der Waals surface area contributed by atoms with Gasteiger partial charge in [-0.2, -0.15) is 9.78 Å². The molecule has 1 aliphatic rings. The zero-order valence-electron chi connectivity index (χ0n) is 14.7. The Morgan fingerprint density at radius 2 is 1.88 bits per heavy atom. The van der Waals surface area contributed by atoms with Crippen LogP contribution in [0, 0.1) is 12.8 Å². The van der Waals surface area contributed by atoms with Crippen molar-refractivity contribution in [2.75, 3.05) is 13.1 Å². The van der Waals surface area contributed by atoms with Crippen molar-refractivity contribution >= 4 is 5.91 Å². The molecule has 1 aromatic heterocycles. The summed E-state index contributed by atoms with van der Waals surface area (Å²) in [4.78, 5) is 39.3. The predicted molar refractivity (Wildman–Crippen MR) is 94.1 cm³/mol. The highest BCUT2D eigenvalue weighted by Crippen LogP contribution is 2.16. The average molecular weight is 342 g/mol. The Bertz CT molecular complexity index is 911. The molecule has 2 heterocycles. The van der Waals surface area contributed by atoms with Gasteiger partial charge in [-0.3, -0.25) is 14.2 Å². The van der Waals surface area contributed by atoms with Crippen LogP contribution in [0.1, 0.15) is 35.8 Å². The van der Waals surface area contributed by atoms with Crippen LogP contribution in [0.4, 0.5) is 0 Å². The monoisotopic (exact) mass is 342 g/mol. The van der Waals surface area contributed by atoms with E-state index in [0.717, 1.165) is 27.7 Å². The Labute approximate surface area is 145 Å². The molecule has 7 nitrogen and oxygen atoms in total. The van der Waals surface area contributed by atoms with Gasteiger partial charge in [0.2, 0.25) is 5.69 Å². The topological polar surface area (TPSA) is 77.2 Å². The van der Waals surface area contributed by atoms with Crippen LogP contribution in [0.15, 0.2) is 33.9 Å². The van der Waals surface area contributed by atoms with Crippen molar-refractivity contribution in [1.82, 2.24) is 19.2 Å². The lowest BCUT2D eigenvalue weighted by Crippen LogP contribution is -2.47. The minimum atomic E-state index is -0.656. The van der Waals surface area contributed by atoms with E-state index in [0.29, 0.717) is 24.7 Å². The lowest BCUT2D eigenvalue weighted by atomic mass is 10.0. The maximum Gasteiger partial charge on any atom is 0.351 e. The van der Waals surface area contributed by atoms with Crippen LogP contribution in [-0.2, 0) is 7.05 Å². The van der Waals surface area contributed by atoms with Crippen molar-refractivity contribution in [3.8, 4) is 5.69 Å². The van der Waals surface area contributed by atoms with Gasteiger partial charge in [0.05, 0.1) is 5.69 Å².